The lowest BCUT2D eigenvalue weighted by Gasteiger charge is -2.29. The van der Waals surface area contributed by atoms with Gasteiger partial charge in [-0.2, -0.15) is 0 Å². The number of hydrogen-bond donors (Lipinski definition) is 2. The molecular formula is C15H19FN2O4S. The predicted molar refractivity (Wildman–Crippen MR) is 84.3 cm³/mol. The van der Waals surface area contributed by atoms with Crippen LogP contribution in [0.2, 0.25) is 0 Å². The maximum Gasteiger partial charge on any atom is 0.331 e. The molecule has 0 atom stereocenters. The molecule has 0 aromatic heterocycles. The number of rotatable bonds is 3. The highest BCUT2D eigenvalue weighted by atomic mass is 32.2. The Labute approximate surface area is 134 Å². The molecule has 23 heavy (non-hydrogen) atoms. The third-order valence-electron chi connectivity index (χ3n) is 3.61. The van der Waals surface area contributed by atoms with Gasteiger partial charge in [0.25, 0.3) is 10.0 Å². The average molecular weight is 342 g/mol. The van der Waals surface area contributed by atoms with Crippen LogP contribution in [-0.4, -0.2) is 43.6 Å². The third-order valence-corrected chi connectivity index (χ3v) is 4.74. The lowest BCUT2D eigenvalue weighted by Crippen LogP contribution is -2.46. The van der Waals surface area contributed by atoms with E-state index >= 15 is 0 Å². The molecule has 1 heterocycles. The van der Waals surface area contributed by atoms with Crippen LogP contribution in [0.4, 0.5) is 9.18 Å². The molecule has 1 aliphatic heterocycles. The zero-order valence-electron chi connectivity index (χ0n) is 12.7. The van der Waals surface area contributed by atoms with Gasteiger partial charge >= 0.3 is 6.03 Å². The van der Waals surface area contributed by atoms with E-state index in [2.05, 4.69) is 0 Å². The topological polar surface area (TPSA) is 86.7 Å². The first-order chi connectivity index (χ1) is 10.8. The summed E-state index contributed by atoms with van der Waals surface area (Å²) in [7, 11) is -3.96. The van der Waals surface area contributed by atoms with Crippen LogP contribution in [0, 0.1) is 5.82 Å². The van der Waals surface area contributed by atoms with Gasteiger partial charge in [-0.1, -0.05) is 12.1 Å². The van der Waals surface area contributed by atoms with Crippen molar-refractivity contribution in [1.82, 2.24) is 9.62 Å². The Morgan fingerprint density at radius 1 is 1.30 bits per heavy atom. The number of halogens is 1. The Balaban J connectivity index is 2.04. The van der Waals surface area contributed by atoms with Crippen molar-refractivity contribution in [3.05, 3.63) is 41.1 Å². The van der Waals surface area contributed by atoms with Gasteiger partial charge in [-0.25, -0.2) is 22.3 Å². The summed E-state index contributed by atoms with van der Waals surface area (Å²) in [4.78, 5) is 13.3. The van der Waals surface area contributed by atoms with Gasteiger partial charge in [-0.15, -0.1) is 0 Å². The Hall–Kier alpha value is -1.93. The maximum atomic E-state index is 12.9. The first kappa shape index (κ1) is 17.4. The predicted octanol–water partition coefficient (Wildman–Crippen LogP) is 1.68. The van der Waals surface area contributed by atoms with Crippen LogP contribution < -0.4 is 4.72 Å². The molecule has 0 saturated carbocycles. The Morgan fingerprint density at radius 2 is 1.87 bits per heavy atom. The first-order valence-corrected chi connectivity index (χ1v) is 8.75. The van der Waals surface area contributed by atoms with Crippen molar-refractivity contribution in [3.63, 3.8) is 0 Å². The number of hydrogen-bond acceptors (Lipinski definition) is 4. The summed E-state index contributed by atoms with van der Waals surface area (Å²) in [6.45, 7) is 2.18. The number of likely N-dealkylation sites (tertiary alicyclic amines) is 1. The highest BCUT2D eigenvalue weighted by Crippen LogP contribution is 2.16. The molecule has 126 valence electrons. The number of aliphatic hydroxyl groups is 1. The first-order valence-electron chi connectivity index (χ1n) is 7.21. The lowest BCUT2D eigenvalue weighted by molar-refractivity contribution is 0.0952. The summed E-state index contributed by atoms with van der Waals surface area (Å²) < 4.78 is 38.9. The number of nitrogens with one attached hydrogen (secondary N) is 1. The fraction of sp³-hybridized carbons (Fsp3) is 0.400. The molecule has 6 nitrogen and oxygen atoms in total. The number of aliphatic hydroxyl groups excluding tert-OH is 1. The van der Waals surface area contributed by atoms with E-state index in [9.17, 15) is 22.7 Å². The number of piperidine rings is 1. The van der Waals surface area contributed by atoms with E-state index < -0.39 is 28.0 Å². The van der Waals surface area contributed by atoms with Gasteiger partial charge in [0.05, 0.1) is 11.5 Å². The van der Waals surface area contributed by atoms with Crippen LogP contribution in [0.15, 0.2) is 29.7 Å². The van der Waals surface area contributed by atoms with Crippen molar-refractivity contribution >= 4 is 21.6 Å². The molecule has 2 N–H and O–H groups in total. The normalized spacial score (nSPS) is 17.2. The largest absolute Gasteiger partial charge is 0.393 e. The number of carbonyl (C=O) groups is 1. The minimum absolute atomic E-state index is 0.309. The molecule has 0 radical (unpaired) electrons. The summed E-state index contributed by atoms with van der Waals surface area (Å²) in [6, 6.07) is 4.68. The van der Waals surface area contributed by atoms with Crippen molar-refractivity contribution in [2.24, 2.45) is 0 Å². The van der Waals surface area contributed by atoms with E-state index in [0.717, 1.165) is 5.41 Å². The number of carbonyl (C=O) groups excluding carboxylic acids is 1. The molecule has 0 bridgehead atoms. The van der Waals surface area contributed by atoms with Gasteiger partial charge in [-0.3, -0.25) is 0 Å². The minimum atomic E-state index is -3.96. The van der Waals surface area contributed by atoms with Crippen LogP contribution in [-0.2, 0) is 10.0 Å². The fourth-order valence-electron chi connectivity index (χ4n) is 2.30. The van der Waals surface area contributed by atoms with E-state index in [0.29, 0.717) is 37.1 Å². The molecule has 1 aliphatic rings. The summed E-state index contributed by atoms with van der Waals surface area (Å²) in [5.74, 6) is -0.412. The van der Waals surface area contributed by atoms with Gasteiger partial charge in [0, 0.05) is 13.1 Å². The Bertz CT molecular complexity index is 693. The molecule has 2 rings (SSSR count). The van der Waals surface area contributed by atoms with Gasteiger partial charge in [0.2, 0.25) is 0 Å². The number of benzene rings is 1. The number of urea groups is 1. The standard InChI is InChI=1S/C15H19FN2O4S/c1-11(12-2-4-13(16)5-3-12)10-23(21,22)17-15(20)18-8-6-14(19)7-9-18/h2-5,10,14,19H,6-9H2,1H3,(H,17,20). The van der Waals surface area contributed by atoms with Crippen molar-refractivity contribution < 1.29 is 22.7 Å². The van der Waals surface area contributed by atoms with Gasteiger partial charge in [-0.05, 0) is 43.0 Å². The number of nitrogens with zero attached hydrogens (tertiary/aromatic N) is 1. The second-order valence-electron chi connectivity index (χ2n) is 5.48. The quantitative estimate of drug-likeness (QED) is 0.875. The van der Waals surface area contributed by atoms with E-state index in [4.69, 9.17) is 0 Å². The highest BCUT2D eigenvalue weighted by molar-refractivity contribution is 7.93. The zero-order valence-corrected chi connectivity index (χ0v) is 13.5. The summed E-state index contributed by atoms with van der Waals surface area (Å²) in [5, 5.41) is 10.3. The van der Waals surface area contributed by atoms with Crippen LogP contribution in [0.3, 0.4) is 0 Å². The summed E-state index contributed by atoms with van der Waals surface area (Å²) in [6.07, 6.45) is 0.409. The van der Waals surface area contributed by atoms with Gasteiger partial charge in [0.1, 0.15) is 5.82 Å². The molecule has 0 aliphatic carbocycles. The van der Waals surface area contributed by atoms with Crippen molar-refractivity contribution in [2.75, 3.05) is 13.1 Å². The molecular weight excluding hydrogens is 323 g/mol. The lowest BCUT2D eigenvalue weighted by atomic mass is 10.1. The second-order valence-corrected chi connectivity index (χ2v) is 7.01. The molecule has 8 heteroatoms. The van der Waals surface area contributed by atoms with Gasteiger partial charge in [0.15, 0.2) is 0 Å². The highest BCUT2D eigenvalue weighted by Gasteiger charge is 2.23. The number of sulfonamides is 1. The van der Waals surface area contributed by atoms with Crippen molar-refractivity contribution in [2.45, 2.75) is 25.9 Å². The third kappa shape index (κ3) is 5.04. The monoisotopic (exact) mass is 342 g/mol. The van der Waals surface area contributed by atoms with Crippen molar-refractivity contribution in [1.29, 1.82) is 0 Å². The van der Waals surface area contributed by atoms with Gasteiger partial charge < -0.3 is 10.0 Å². The molecule has 1 aromatic carbocycles. The number of amides is 2. The average Bonchev–Trinajstić information content (AvgIpc) is 2.47. The van der Waals surface area contributed by atoms with Crippen LogP contribution in [0.5, 0.6) is 0 Å². The molecule has 1 aromatic rings. The number of allylic oxidation sites excluding steroid dienone is 1. The molecule has 1 fully saturated rings. The fourth-order valence-corrected chi connectivity index (χ4v) is 3.33. The van der Waals surface area contributed by atoms with E-state index in [1.54, 1.807) is 6.92 Å². The van der Waals surface area contributed by atoms with Crippen LogP contribution >= 0.6 is 0 Å². The Morgan fingerprint density at radius 3 is 2.43 bits per heavy atom. The molecule has 1 saturated heterocycles. The van der Waals surface area contributed by atoms with E-state index in [1.165, 1.54) is 29.2 Å². The maximum absolute atomic E-state index is 12.9. The summed E-state index contributed by atoms with van der Waals surface area (Å²) in [5.41, 5.74) is 0.935. The molecule has 0 unspecified atom stereocenters. The Kier molecular flexibility index (Phi) is 5.38. The van der Waals surface area contributed by atoms with Crippen LogP contribution in [0.1, 0.15) is 25.3 Å². The zero-order chi connectivity index (χ0) is 17.0. The van der Waals surface area contributed by atoms with Crippen LogP contribution in [0.25, 0.3) is 5.57 Å². The van der Waals surface area contributed by atoms with E-state index in [-0.39, 0.29) is 0 Å². The van der Waals surface area contributed by atoms with E-state index in [1.807, 2.05) is 4.72 Å². The summed E-state index contributed by atoms with van der Waals surface area (Å²) >= 11 is 0. The smallest absolute Gasteiger partial charge is 0.331 e. The molecule has 2 amide bonds. The minimum Gasteiger partial charge on any atom is -0.393 e. The van der Waals surface area contributed by atoms with Crippen molar-refractivity contribution in [3.8, 4) is 0 Å². The SMILES string of the molecule is CC(=CS(=O)(=O)NC(=O)N1CCC(O)CC1)c1ccc(F)cc1. The second kappa shape index (κ2) is 7.10. The molecule has 0 spiro atoms.